The van der Waals surface area contributed by atoms with Gasteiger partial charge in [0.25, 0.3) is 0 Å². The van der Waals surface area contributed by atoms with Crippen LogP contribution in [0, 0.1) is 0 Å². The molecule has 0 saturated heterocycles. The first kappa shape index (κ1) is 22.4. The molecule has 0 heterocycles. The Balaban J connectivity index is 0.000000960. The fraction of sp³-hybridized carbons (Fsp3) is 0.158. The summed E-state index contributed by atoms with van der Waals surface area (Å²) in [5, 5.41) is 0. The summed E-state index contributed by atoms with van der Waals surface area (Å²) in [6, 6.07) is 11.1. The summed E-state index contributed by atoms with van der Waals surface area (Å²) in [6.07, 6.45) is 9.83. The van der Waals surface area contributed by atoms with Gasteiger partial charge in [0.05, 0.1) is 0 Å². The smallest absolute Gasteiger partial charge is 0.0213 e. The number of fused-ring (bicyclic) bond motifs is 3. The molecule has 0 bridgehead atoms. The second-order valence-electron chi connectivity index (χ2n) is 5.66. The zero-order chi connectivity index (χ0) is 14.4. The molecule has 0 saturated carbocycles. The summed E-state index contributed by atoms with van der Waals surface area (Å²) in [5.74, 6) is 0. The summed E-state index contributed by atoms with van der Waals surface area (Å²) in [6.45, 7) is 0. The summed E-state index contributed by atoms with van der Waals surface area (Å²) in [4.78, 5) is 0. The fourth-order valence-corrected chi connectivity index (χ4v) is 4.24. The maximum Gasteiger partial charge on any atom is 0.0213 e. The first-order chi connectivity index (χ1) is 10.2. The normalized spacial score (nSPS) is 13.2. The van der Waals surface area contributed by atoms with Crippen LogP contribution in [0.5, 0.6) is 0 Å². The van der Waals surface area contributed by atoms with E-state index in [1.807, 2.05) is 0 Å². The molecule has 0 aliphatic heterocycles. The molecular formula is C19H16Br2Cl2Zr. The molecule has 0 atom stereocenters. The monoisotopic (exact) mass is 562 g/mol. The second-order valence-corrected chi connectivity index (χ2v) is 7.43. The van der Waals surface area contributed by atoms with Gasteiger partial charge in [-0.15, -0.1) is 24.8 Å². The molecular weight excluding hydrogens is 550 g/mol. The van der Waals surface area contributed by atoms with Crippen molar-refractivity contribution in [1.82, 2.24) is 0 Å². The maximum absolute atomic E-state index is 3.76. The molecule has 0 radical (unpaired) electrons. The van der Waals surface area contributed by atoms with E-state index < -0.39 is 0 Å². The van der Waals surface area contributed by atoms with Crippen LogP contribution in [0.15, 0.2) is 63.1 Å². The molecule has 124 valence electrons. The Morgan fingerprint density at radius 1 is 0.958 bits per heavy atom. The van der Waals surface area contributed by atoms with E-state index in [1.54, 1.807) is 0 Å². The Morgan fingerprint density at radius 2 is 1.71 bits per heavy atom. The number of allylic oxidation sites excluding steroid dienone is 4. The average molecular weight is 566 g/mol. The van der Waals surface area contributed by atoms with Gasteiger partial charge in [0.15, 0.2) is 0 Å². The molecule has 2 aromatic rings. The maximum atomic E-state index is 3.76. The van der Waals surface area contributed by atoms with Gasteiger partial charge in [-0.05, 0) is 65.3 Å². The van der Waals surface area contributed by atoms with Gasteiger partial charge in [-0.25, -0.2) is 0 Å². The fourth-order valence-electron chi connectivity index (χ4n) is 3.32. The van der Waals surface area contributed by atoms with Crippen molar-refractivity contribution in [2.45, 2.75) is 19.3 Å². The Bertz CT molecular complexity index is 813. The largest absolute Gasteiger partial charge is 0.147 e. The molecule has 4 rings (SSSR count). The van der Waals surface area contributed by atoms with E-state index in [-0.39, 0.29) is 51.0 Å². The Morgan fingerprint density at radius 3 is 2.42 bits per heavy atom. The van der Waals surface area contributed by atoms with Gasteiger partial charge in [0, 0.05) is 35.1 Å². The van der Waals surface area contributed by atoms with Gasteiger partial charge < -0.3 is 0 Å². The van der Waals surface area contributed by atoms with E-state index in [0.717, 1.165) is 23.7 Å². The third-order valence-corrected chi connectivity index (χ3v) is 5.59. The van der Waals surface area contributed by atoms with Crippen molar-refractivity contribution < 1.29 is 26.2 Å². The van der Waals surface area contributed by atoms with Crippen LogP contribution in [0.1, 0.15) is 23.1 Å². The summed E-state index contributed by atoms with van der Waals surface area (Å²) in [5.41, 5.74) is 8.67. The van der Waals surface area contributed by atoms with E-state index in [0.29, 0.717) is 0 Å². The van der Waals surface area contributed by atoms with Crippen molar-refractivity contribution >= 4 is 56.7 Å². The third-order valence-electron chi connectivity index (χ3n) is 4.35. The van der Waals surface area contributed by atoms with Crippen molar-refractivity contribution in [3.8, 4) is 11.1 Å². The Kier molecular flexibility index (Phi) is 8.70. The quantitative estimate of drug-likeness (QED) is 0.312. The van der Waals surface area contributed by atoms with Crippen LogP contribution >= 0.6 is 56.7 Å². The topological polar surface area (TPSA) is 0 Å². The number of rotatable bonds is 2. The molecule has 5 heteroatoms. The van der Waals surface area contributed by atoms with Gasteiger partial charge >= 0.3 is 0 Å². The first-order valence-corrected chi connectivity index (χ1v) is 8.74. The number of halogens is 4. The molecule has 2 aliphatic rings. The number of hydrogen-bond donors (Lipinski definition) is 0. The van der Waals surface area contributed by atoms with Crippen LogP contribution in [-0.2, 0) is 39.0 Å². The van der Waals surface area contributed by atoms with Gasteiger partial charge in [0.2, 0.25) is 0 Å². The van der Waals surface area contributed by atoms with Crippen molar-refractivity contribution in [2.24, 2.45) is 0 Å². The van der Waals surface area contributed by atoms with Crippen molar-refractivity contribution in [3.05, 3.63) is 79.8 Å². The van der Waals surface area contributed by atoms with Crippen LogP contribution in [0.4, 0.5) is 0 Å². The molecule has 0 unspecified atom stereocenters. The van der Waals surface area contributed by atoms with E-state index in [9.17, 15) is 0 Å². The minimum atomic E-state index is 0. The molecule has 0 spiro atoms. The van der Waals surface area contributed by atoms with Crippen LogP contribution < -0.4 is 0 Å². The summed E-state index contributed by atoms with van der Waals surface area (Å²) < 4.78 is 2.40. The van der Waals surface area contributed by atoms with Gasteiger partial charge in [-0.1, -0.05) is 67.8 Å². The minimum Gasteiger partial charge on any atom is -0.147 e. The van der Waals surface area contributed by atoms with Gasteiger partial charge in [-0.3, -0.25) is 0 Å². The predicted molar refractivity (Wildman–Crippen MR) is 110 cm³/mol. The molecule has 0 N–H and O–H groups in total. The zero-order valence-electron chi connectivity index (χ0n) is 12.8. The van der Waals surface area contributed by atoms with Crippen LogP contribution in [0.2, 0.25) is 0 Å². The molecule has 2 aromatic carbocycles. The molecule has 24 heavy (non-hydrogen) atoms. The van der Waals surface area contributed by atoms with Gasteiger partial charge in [-0.2, -0.15) is 0 Å². The van der Waals surface area contributed by atoms with Crippen molar-refractivity contribution in [2.75, 3.05) is 0 Å². The van der Waals surface area contributed by atoms with Crippen molar-refractivity contribution in [3.63, 3.8) is 0 Å². The van der Waals surface area contributed by atoms with E-state index >= 15 is 0 Å². The standard InChI is InChI=1S/C19H14Br2.2ClH.Zr/c20-14-5-6-15-13(10-14)11-17-16(15)7-8-19(21)18(17)9-12-3-1-2-4-12;;;/h1-3,5-8,10H,4,9,11H2;2*1H;. The average Bonchev–Trinajstić information content (AvgIpc) is 3.08. The second kappa shape index (κ2) is 9.33. The zero-order valence-corrected chi connectivity index (χ0v) is 20.1. The van der Waals surface area contributed by atoms with E-state index in [1.165, 1.54) is 37.9 Å². The number of benzene rings is 2. The van der Waals surface area contributed by atoms with Crippen molar-refractivity contribution in [1.29, 1.82) is 0 Å². The first-order valence-electron chi connectivity index (χ1n) is 7.16. The van der Waals surface area contributed by atoms with Crippen LogP contribution in [0.25, 0.3) is 11.1 Å². The van der Waals surface area contributed by atoms with Crippen LogP contribution in [-0.4, -0.2) is 0 Å². The SMILES string of the molecule is Brc1ccc2c(c1)Cc1c-2ccc(Br)c1CC1=CC=CC1.Cl.Cl.[Zr]. The van der Waals surface area contributed by atoms with Gasteiger partial charge in [0.1, 0.15) is 0 Å². The predicted octanol–water partition coefficient (Wildman–Crippen LogP) is 7.05. The Labute approximate surface area is 191 Å². The third kappa shape index (κ3) is 4.18. The van der Waals surface area contributed by atoms with E-state index in [4.69, 9.17) is 0 Å². The summed E-state index contributed by atoms with van der Waals surface area (Å²) in [7, 11) is 0. The van der Waals surface area contributed by atoms with E-state index in [2.05, 4.69) is 80.4 Å². The molecule has 0 amide bonds. The molecule has 0 fully saturated rings. The summed E-state index contributed by atoms with van der Waals surface area (Å²) >= 11 is 7.35. The minimum absolute atomic E-state index is 0. The molecule has 2 aliphatic carbocycles. The molecule has 0 nitrogen and oxygen atoms in total. The molecule has 0 aromatic heterocycles. The number of hydrogen-bond acceptors (Lipinski definition) is 0. The Hall–Kier alpha value is 0.343. The van der Waals surface area contributed by atoms with Crippen LogP contribution in [0.3, 0.4) is 0 Å².